The topological polar surface area (TPSA) is 176 Å². The van der Waals surface area contributed by atoms with Gasteiger partial charge in [0, 0.05) is 32.3 Å². The average molecular weight is 483 g/mol. The Kier molecular flexibility index (Phi) is 5.74. The maximum Gasteiger partial charge on any atom is 0.271 e. The first-order valence-electron chi connectivity index (χ1n) is 8.48. The van der Waals surface area contributed by atoms with E-state index in [1.54, 1.807) is 12.1 Å². The number of ether oxygens (including phenoxy) is 1. The van der Waals surface area contributed by atoms with Crippen LogP contribution in [0.3, 0.4) is 0 Å². The Morgan fingerprint density at radius 1 is 0.806 bits per heavy atom. The maximum absolute atomic E-state index is 12.0. The number of amides is 1. The van der Waals surface area contributed by atoms with Gasteiger partial charge in [-0.3, -0.25) is 10.2 Å². The van der Waals surface area contributed by atoms with Crippen LogP contribution in [0.4, 0.5) is 0 Å². The first-order chi connectivity index (χ1) is 14.7. The monoisotopic (exact) mass is 482 g/mol. The van der Waals surface area contributed by atoms with Gasteiger partial charge in [0.1, 0.15) is 5.75 Å². The second-order valence-corrected chi connectivity index (χ2v) is 9.24. The van der Waals surface area contributed by atoms with E-state index in [1.807, 2.05) is 5.43 Å². The summed E-state index contributed by atoms with van der Waals surface area (Å²) in [5, 5.41) is 2.18. The molecule has 0 aliphatic heterocycles. The molecular weight excluding hydrogens is 468 g/mol. The molecule has 3 unspecified atom stereocenters. The Hall–Kier alpha value is -2.52. The summed E-state index contributed by atoms with van der Waals surface area (Å²) in [6, 6.07) is 8.66. The SMILES string of the molecule is NNC(=O)COc1cc(S(=O)O)c2ccc3c(S(=O)O)cc(S(=O)O)c4ccc1c2c43. The molecule has 6 N–H and O–H groups in total. The van der Waals surface area contributed by atoms with Gasteiger partial charge >= 0.3 is 0 Å². The Balaban J connectivity index is 2.20. The normalized spacial score (nSPS) is 14.7. The summed E-state index contributed by atoms with van der Waals surface area (Å²) in [4.78, 5) is 11.3. The molecule has 1 amide bonds. The molecule has 162 valence electrons. The molecule has 0 radical (unpaired) electrons. The summed E-state index contributed by atoms with van der Waals surface area (Å²) >= 11 is -7.38. The molecule has 0 aromatic heterocycles. The van der Waals surface area contributed by atoms with Crippen LogP contribution < -0.4 is 16.0 Å². The largest absolute Gasteiger partial charge is 0.483 e. The van der Waals surface area contributed by atoms with Crippen molar-refractivity contribution in [3.05, 3.63) is 36.4 Å². The van der Waals surface area contributed by atoms with E-state index in [9.17, 15) is 31.1 Å². The van der Waals surface area contributed by atoms with E-state index in [-0.39, 0.29) is 20.4 Å². The van der Waals surface area contributed by atoms with Crippen molar-refractivity contribution < 1.29 is 35.8 Å². The van der Waals surface area contributed by atoms with E-state index in [2.05, 4.69) is 0 Å². The number of hydrazine groups is 1. The number of nitrogens with two attached hydrogens (primary N) is 1. The number of nitrogens with one attached hydrogen (secondary N) is 1. The molecule has 0 heterocycles. The third-order valence-corrected chi connectivity index (χ3v) is 6.97. The number of carbonyl (C=O) groups is 1. The van der Waals surface area contributed by atoms with Crippen molar-refractivity contribution in [3.63, 3.8) is 0 Å². The minimum atomic E-state index is -2.47. The molecule has 4 rings (SSSR count). The van der Waals surface area contributed by atoms with E-state index >= 15 is 0 Å². The first-order valence-corrected chi connectivity index (χ1v) is 11.8. The number of carbonyl (C=O) groups excluding carboxylic acids is 1. The molecule has 0 spiro atoms. The predicted octanol–water partition coefficient (Wildman–Crippen LogP) is 1.69. The fraction of sp³-hybridized carbons (Fsp3) is 0.0556. The highest BCUT2D eigenvalue weighted by Crippen LogP contribution is 2.44. The highest BCUT2D eigenvalue weighted by atomic mass is 32.2. The van der Waals surface area contributed by atoms with Gasteiger partial charge in [-0.25, -0.2) is 18.5 Å². The predicted molar refractivity (Wildman–Crippen MR) is 115 cm³/mol. The molecule has 0 aliphatic rings. The minimum Gasteiger partial charge on any atom is -0.483 e. The molecule has 0 aliphatic carbocycles. The molecule has 3 atom stereocenters. The Bertz CT molecular complexity index is 1400. The quantitative estimate of drug-likeness (QED) is 0.0900. The highest BCUT2D eigenvalue weighted by Gasteiger charge is 2.23. The molecule has 0 bridgehead atoms. The Morgan fingerprint density at radius 3 is 1.68 bits per heavy atom. The van der Waals surface area contributed by atoms with Crippen LogP contribution >= 0.6 is 0 Å². The number of rotatable bonds is 6. The summed E-state index contributed by atoms with van der Waals surface area (Å²) in [7, 11) is 0. The fourth-order valence-electron chi connectivity index (χ4n) is 3.60. The van der Waals surface area contributed by atoms with Gasteiger partial charge in [-0.2, -0.15) is 0 Å². The molecule has 31 heavy (non-hydrogen) atoms. The van der Waals surface area contributed by atoms with Gasteiger partial charge in [0.05, 0.1) is 14.7 Å². The Morgan fingerprint density at radius 2 is 1.23 bits per heavy atom. The van der Waals surface area contributed by atoms with Gasteiger partial charge in [-0.1, -0.05) is 18.2 Å². The maximum atomic E-state index is 12.0. The van der Waals surface area contributed by atoms with Crippen LogP contribution in [0.15, 0.2) is 51.1 Å². The zero-order valence-electron chi connectivity index (χ0n) is 15.4. The van der Waals surface area contributed by atoms with E-state index in [4.69, 9.17) is 10.6 Å². The van der Waals surface area contributed by atoms with Crippen molar-refractivity contribution in [2.45, 2.75) is 14.7 Å². The van der Waals surface area contributed by atoms with Crippen molar-refractivity contribution >= 4 is 71.5 Å². The Labute approximate surface area is 181 Å². The molecule has 4 aromatic rings. The lowest BCUT2D eigenvalue weighted by atomic mass is 9.93. The van der Waals surface area contributed by atoms with Crippen LogP contribution in [0.25, 0.3) is 32.3 Å². The third-order valence-electron chi connectivity index (χ3n) is 4.83. The van der Waals surface area contributed by atoms with Gasteiger partial charge in [-0.15, -0.1) is 0 Å². The number of hydrogen-bond donors (Lipinski definition) is 5. The smallest absolute Gasteiger partial charge is 0.271 e. The minimum absolute atomic E-state index is 0.0211. The third kappa shape index (κ3) is 3.59. The van der Waals surface area contributed by atoms with E-state index in [1.165, 1.54) is 24.3 Å². The number of hydrogen-bond acceptors (Lipinski definition) is 6. The van der Waals surface area contributed by atoms with Crippen LogP contribution in [0.5, 0.6) is 5.75 Å². The standard InChI is InChI=1S/C18H14N2O8S3/c19-20-16(21)7-28-12-5-13(29(22)23)9-3-4-11-15(31(26)27)6-14(30(24)25)10-2-1-8(12)17(9)18(10)11/h1-6H,7,19H2,(H,20,21)(H,22,23)(H,24,25)(H,26,27). The molecule has 0 saturated heterocycles. The number of benzene rings is 4. The van der Waals surface area contributed by atoms with Crippen LogP contribution in [-0.4, -0.2) is 38.8 Å². The van der Waals surface area contributed by atoms with E-state index in [0.29, 0.717) is 32.3 Å². The average Bonchev–Trinajstić information content (AvgIpc) is 2.74. The molecule has 10 nitrogen and oxygen atoms in total. The lowest BCUT2D eigenvalue weighted by Gasteiger charge is -2.18. The molecule has 13 heteroatoms. The zero-order chi connectivity index (χ0) is 22.4. The summed E-state index contributed by atoms with van der Waals surface area (Å²) in [5.74, 6) is 4.53. The molecule has 4 aromatic carbocycles. The van der Waals surface area contributed by atoms with Gasteiger partial charge in [0.25, 0.3) is 5.91 Å². The van der Waals surface area contributed by atoms with E-state index < -0.39 is 45.8 Å². The van der Waals surface area contributed by atoms with Gasteiger partial charge in [0.15, 0.2) is 39.8 Å². The summed E-state index contributed by atoms with van der Waals surface area (Å²) in [5.41, 5.74) is 1.91. The van der Waals surface area contributed by atoms with Crippen molar-refractivity contribution in [2.24, 2.45) is 5.84 Å². The van der Waals surface area contributed by atoms with Crippen molar-refractivity contribution in [1.29, 1.82) is 0 Å². The zero-order valence-corrected chi connectivity index (χ0v) is 17.8. The van der Waals surface area contributed by atoms with Gasteiger partial charge < -0.3 is 18.4 Å². The van der Waals surface area contributed by atoms with Crippen LogP contribution in [-0.2, 0) is 38.0 Å². The second kappa shape index (κ2) is 8.20. The molecular formula is C18H14N2O8S3. The van der Waals surface area contributed by atoms with Gasteiger partial charge in [-0.05, 0) is 18.2 Å². The first kappa shape index (κ1) is 21.7. The van der Waals surface area contributed by atoms with Crippen molar-refractivity contribution in [3.8, 4) is 5.75 Å². The van der Waals surface area contributed by atoms with E-state index in [0.717, 1.165) is 0 Å². The highest BCUT2D eigenvalue weighted by molar-refractivity contribution is 7.80. The second-order valence-electron chi connectivity index (χ2n) is 6.42. The van der Waals surface area contributed by atoms with Crippen LogP contribution in [0.2, 0.25) is 0 Å². The fourth-order valence-corrected chi connectivity index (χ4v) is 5.40. The van der Waals surface area contributed by atoms with Crippen LogP contribution in [0, 0.1) is 0 Å². The molecule has 0 saturated carbocycles. The summed E-state index contributed by atoms with van der Waals surface area (Å²) < 4.78 is 70.7. The lowest BCUT2D eigenvalue weighted by molar-refractivity contribution is -0.123. The van der Waals surface area contributed by atoms with Gasteiger partial charge in [0.2, 0.25) is 0 Å². The lowest BCUT2D eigenvalue weighted by Crippen LogP contribution is -2.34. The van der Waals surface area contributed by atoms with Crippen LogP contribution in [0.1, 0.15) is 0 Å². The molecule has 0 fully saturated rings. The van der Waals surface area contributed by atoms with Crippen molar-refractivity contribution in [1.82, 2.24) is 5.43 Å². The summed E-state index contributed by atoms with van der Waals surface area (Å²) in [6.07, 6.45) is 0. The van der Waals surface area contributed by atoms with Crippen molar-refractivity contribution in [2.75, 3.05) is 6.61 Å². The summed E-state index contributed by atoms with van der Waals surface area (Å²) in [6.45, 7) is -0.463.